The number of rotatable bonds is 3. The van der Waals surface area contributed by atoms with Crippen LogP contribution in [0.1, 0.15) is 46.5 Å². The number of carbonyl (C=O) groups excluding carboxylic acids is 1. The van der Waals surface area contributed by atoms with Crippen molar-refractivity contribution in [3.63, 3.8) is 0 Å². The van der Waals surface area contributed by atoms with E-state index in [9.17, 15) is 22.4 Å². The molecule has 2 aromatic rings. The molecule has 5 heterocycles. The molecule has 0 saturated carbocycles. The maximum Gasteiger partial charge on any atom is 0.425 e. The van der Waals surface area contributed by atoms with Gasteiger partial charge in [0.1, 0.15) is 35.1 Å². The highest BCUT2D eigenvalue weighted by atomic mass is 35.5. The molecular formula is C26H32ClF5N6O4. The van der Waals surface area contributed by atoms with E-state index in [0.29, 0.717) is 13.0 Å². The monoisotopic (exact) mass is 622 g/mol. The summed E-state index contributed by atoms with van der Waals surface area (Å²) >= 11 is 5.97. The van der Waals surface area contributed by atoms with Crippen LogP contribution in [0.15, 0.2) is 0 Å². The Morgan fingerprint density at radius 1 is 1.19 bits per heavy atom. The lowest BCUT2D eigenvalue weighted by atomic mass is 9.95. The highest BCUT2D eigenvalue weighted by Crippen LogP contribution is 2.41. The number of anilines is 1. The molecule has 0 spiro atoms. The number of halogens is 6. The largest absolute Gasteiger partial charge is 0.464 e. The molecule has 1 N–H and O–H groups in total. The van der Waals surface area contributed by atoms with Gasteiger partial charge in [-0.05, 0) is 40.2 Å². The van der Waals surface area contributed by atoms with Gasteiger partial charge in [-0.15, -0.1) is 0 Å². The van der Waals surface area contributed by atoms with E-state index in [1.54, 1.807) is 20.8 Å². The topological polar surface area (TPSA) is 102 Å². The van der Waals surface area contributed by atoms with Gasteiger partial charge in [0.2, 0.25) is 5.88 Å². The van der Waals surface area contributed by atoms with Gasteiger partial charge in [0.05, 0.1) is 5.54 Å². The Balaban J connectivity index is 1.52. The lowest BCUT2D eigenvalue weighted by molar-refractivity contribution is -0.197. The fourth-order valence-corrected chi connectivity index (χ4v) is 5.81. The third-order valence-electron chi connectivity index (χ3n) is 7.53. The van der Waals surface area contributed by atoms with Gasteiger partial charge < -0.3 is 24.4 Å². The average molecular weight is 623 g/mol. The number of nitrogens with one attached hydrogen (secondary N) is 1. The molecule has 10 nitrogen and oxygen atoms in total. The molecule has 0 aliphatic carbocycles. The van der Waals surface area contributed by atoms with Crippen LogP contribution in [0.3, 0.4) is 0 Å². The van der Waals surface area contributed by atoms with E-state index in [4.69, 9.17) is 25.8 Å². The molecule has 0 radical (unpaired) electrons. The number of carbonyl (C=O) groups is 1. The fraction of sp³-hybridized carbons (Fsp3) is 0.692. The summed E-state index contributed by atoms with van der Waals surface area (Å²) in [5.41, 5.74) is -1.90. The van der Waals surface area contributed by atoms with Crippen molar-refractivity contribution in [3.8, 4) is 11.9 Å². The summed E-state index contributed by atoms with van der Waals surface area (Å²) < 4.78 is 88.3. The maximum atomic E-state index is 15.3. The van der Waals surface area contributed by atoms with Crippen LogP contribution in [0.2, 0.25) is 5.15 Å². The molecule has 2 fully saturated rings. The summed E-state index contributed by atoms with van der Waals surface area (Å²) in [6.45, 7) is 5.53. The van der Waals surface area contributed by atoms with Gasteiger partial charge in [0.25, 0.3) is 0 Å². The Bertz CT molecular complexity index is 1350. The first-order chi connectivity index (χ1) is 19.6. The van der Waals surface area contributed by atoms with Crippen LogP contribution in [0, 0.1) is 5.82 Å². The van der Waals surface area contributed by atoms with E-state index in [1.165, 1.54) is 0 Å². The summed E-state index contributed by atoms with van der Waals surface area (Å²) in [6.07, 6.45) is -7.93. The lowest BCUT2D eigenvalue weighted by Gasteiger charge is -2.30. The number of aromatic nitrogens is 3. The zero-order valence-electron chi connectivity index (χ0n) is 23.4. The maximum absolute atomic E-state index is 15.3. The minimum absolute atomic E-state index is 0.00753. The Hall–Kier alpha value is -2.94. The predicted octanol–water partition coefficient (Wildman–Crippen LogP) is 5.13. The van der Waals surface area contributed by atoms with Crippen LogP contribution in [-0.4, -0.2) is 99.8 Å². The second-order valence-electron chi connectivity index (χ2n) is 11.8. The van der Waals surface area contributed by atoms with E-state index in [-0.39, 0.29) is 49.9 Å². The normalized spacial score (nSPS) is 25.4. The number of hydrogen-bond donors (Lipinski definition) is 1. The first-order valence-electron chi connectivity index (χ1n) is 13.7. The lowest BCUT2D eigenvalue weighted by Crippen LogP contribution is -2.43. The molecule has 2 aromatic heterocycles. The first-order valence-corrected chi connectivity index (χ1v) is 14.1. The molecule has 3 atom stereocenters. The van der Waals surface area contributed by atoms with Gasteiger partial charge in [0, 0.05) is 39.0 Å². The van der Waals surface area contributed by atoms with Gasteiger partial charge in [-0.2, -0.15) is 28.1 Å². The summed E-state index contributed by atoms with van der Waals surface area (Å²) in [4.78, 5) is 28.1. The van der Waals surface area contributed by atoms with Gasteiger partial charge in [-0.1, -0.05) is 11.6 Å². The third-order valence-corrected chi connectivity index (χ3v) is 7.78. The molecule has 0 bridgehead atoms. The average Bonchev–Trinajstić information content (AvgIpc) is 3.39. The molecule has 16 heteroatoms. The van der Waals surface area contributed by atoms with Crippen molar-refractivity contribution in [2.45, 2.75) is 76.0 Å². The zero-order chi connectivity index (χ0) is 30.4. The minimum Gasteiger partial charge on any atom is -0.464 e. The second kappa shape index (κ2) is 11.3. The molecule has 3 aliphatic heterocycles. The molecular weight excluding hydrogens is 591 g/mol. The highest BCUT2D eigenvalue weighted by Gasteiger charge is 2.49. The Morgan fingerprint density at radius 2 is 1.95 bits per heavy atom. The van der Waals surface area contributed by atoms with Crippen molar-refractivity contribution >= 4 is 34.4 Å². The zero-order valence-corrected chi connectivity index (χ0v) is 24.1. The van der Waals surface area contributed by atoms with Gasteiger partial charge >= 0.3 is 18.3 Å². The molecule has 5 rings (SSSR count). The molecule has 1 amide bonds. The van der Waals surface area contributed by atoms with Gasteiger partial charge in [-0.25, -0.2) is 13.6 Å². The second-order valence-corrected chi connectivity index (χ2v) is 12.2. The number of ether oxygens (including phenoxy) is 3. The molecule has 3 aliphatic rings. The minimum atomic E-state index is -4.87. The van der Waals surface area contributed by atoms with Crippen molar-refractivity contribution in [1.29, 1.82) is 0 Å². The standard InChI is InChI=1S/C26H32ClF5N6O4/c1-24(2,3)42-23(39)37-9-5-15(26(30,31)32)41-21-16-18(17(29)19(27)35-21)34-22(36-20(16)33-7-10-37)40-13-25-6-4-8-38(25)12-14(28)11-25/h14-15H,4-13H2,1-3H3,(H,33,34,36)/t14-,15-,25+/m1/s1. The summed E-state index contributed by atoms with van der Waals surface area (Å²) in [7, 11) is 0. The van der Waals surface area contributed by atoms with Gasteiger partial charge in [0.15, 0.2) is 17.1 Å². The summed E-state index contributed by atoms with van der Waals surface area (Å²) in [5.74, 6) is -1.86. The first kappa shape index (κ1) is 30.5. The molecule has 42 heavy (non-hydrogen) atoms. The molecule has 0 unspecified atom stereocenters. The van der Waals surface area contributed by atoms with Crippen molar-refractivity contribution in [2.75, 3.05) is 44.6 Å². The summed E-state index contributed by atoms with van der Waals surface area (Å²) in [5, 5.41) is 1.91. The molecule has 232 valence electrons. The number of hydrogen-bond acceptors (Lipinski definition) is 9. The van der Waals surface area contributed by atoms with Crippen molar-refractivity contribution in [2.24, 2.45) is 0 Å². The number of fused-ring (bicyclic) bond motifs is 1. The van der Waals surface area contributed by atoms with Crippen LogP contribution in [0.5, 0.6) is 11.9 Å². The smallest absolute Gasteiger partial charge is 0.425 e. The van der Waals surface area contributed by atoms with E-state index in [1.807, 2.05) is 4.90 Å². The number of alkyl halides is 4. The molecule has 0 aromatic carbocycles. The van der Waals surface area contributed by atoms with Crippen LogP contribution in [0.25, 0.3) is 10.9 Å². The van der Waals surface area contributed by atoms with Crippen molar-refractivity contribution in [1.82, 2.24) is 24.8 Å². The van der Waals surface area contributed by atoms with E-state index in [2.05, 4.69) is 20.3 Å². The summed E-state index contributed by atoms with van der Waals surface area (Å²) in [6, 6.07) is -0.285. The van der Waals surface area contributed by atoms with Crippen molar-refractivity contribution < 1.29 is 41.0 Å². The Morgan fingerprint density at radius 3 is 2.67 bits per heavy atom. The Labute approximate surface area is 243 Å². The Kier molecular flexibility index (Phi) is 8.20. The van der Waals surface area contributed by atoms with E-state index in [0.717, 1.165) is 17.9 Å². The predicted molar refractivity (Wildman–Crippen MR) is 142 cm³/mol. The highest BCUT2D eigenvalue weighted by molar-refractivity contribution is 6.30. The van der Waals surface area contributed by atoms with E-state index >= 15 is 4.39 Å². The van der Waals surface area contributed by atoms with E-state index < -0.39 is 64.5 Å². The molecule has 2 saturated heterocycles. The van der Waals surface area contributed by atoms with Crippen LogP contribution >= 0.6 is 11.6 Å². The quantitative estimate of drug-likeness (QED) is 0.369. The van der Waals surface area contributed by atoms with Crippen LogP contribution in [0.4, 0.5) is 32.6 Å². The fourth-order valence-electron chi connectivity index (χ4n) is 5.65. The number of amides is 1. The number of pyridine rings is 1. The third kappa shape index (κ3) is 6.36. The number of nitrogens with zero attached hydrogens (tertiary/aromatic N) is 5. The van der Waals surface area contributed by atoms with Crippen LogP contribution in [-0.2, 0) is 4.74 Å². The van der Waals surface area contributed by atoms with Crippen LogP contribution < -0.4 is 14.8 Å². The SMILES string of the molecule is CC(C)(C)OC(=O)N1CCNc2nc(OC[C@@]34CCCN3C[C@H](F)C4)nc3c(F)c(Cl)nc(c23)O[C@@H](C(F)(F)F)CC1. The van der Waals surface area contributed by atoms with Crippen molar-refractivity contribution in [3.05, 3.63) is 11.0 Å². The van der Waals surface area contributed by atoms with Gasteiger partial charge in [-0.3, -0.25) is 4.90 Å².